The van der Waals surface area contributed by atoms with E-state index in [1.165, 1.54) is 24.0 Å². The molecule has 0 atom stereocenters. The van der Waals surface area contributed by atoms with Gasteiger partial charge in [-0.15, -0.1) is 0 Å². The van der Waals surface area contributed by atoms with Crippen molar-refractivity contribution in [2.75, 3.05) is 6.61 Å². The Morgan fingerprint density at radius 2 is 1.88 bits per heavy atom. The predicted octanol–water partition coefficient (Wildman–Crippen LogP) is 4.55. The van der Waals surface area contributed by atoms with Gasteiger partial charge in [0.1, 0.15) is 5.75 Å². The number of ether oxygens (including phenoxy) is 1. The van der Waals surface area contributed by atoms with Crippen LogP contribution in [0.15, 0.2) is 18.2 Å². The molecule has 0 aliphatic carbocycles. The van der Waals surface area contributed by atoms with Crippen molar-refractivity contribution in [3.05, 3.63) is 29.3 Å². The molecule has 90 valence electrons. The van der Waals surface area contributed by atoms with Crippen LogP contribution in [0.2, 0.25) is 0 Å². The second-order valence-electron chi connectivity index (χ2n) is 4.60. The number of benzene rings is 1. The van der Waals surface area contributed by atoms with Crippen molar-refractivity contribution in [3.63, 3.8) is 0 Å². The third-order valence-electron chi connectivity index (χ3n) is 2.79. The van der Waals surface area contributed by atoms with Gasteiger partial charge in [-0.05, 0) is 48.9 Å². The van der Waals surface area contributed by atoms with E-state index in [2.05, 4.69) is 39.0 Å². The molecule has 0 saturated heterocycles. The summed E-state index contributed by atoms with van der Waals surface area (Å²) in [7, 11) is 0. The van der Waals surface area contributed by atoms with E-state index in [0.717, 1.165) is 18.8 Å². The highest BCUT2D eigenvalue weighted by Gasteiger charge is 2.05. The number of hydrogen-bond acceptors (Lipinski definition) is 1. The normalized spacial score (nSPS) is 10.8. The molecule has 0 amide bonds. The second-order valence-corrected chi connectivity index (χ2v) is 4.60. The van der Waals surface area contributed by atoms with Crippen molar-refractivity contribution in [2.45, 2.75) is 52.9 Å². The van der Waals surface area contributed by atoms with Gasteiger partial charge in [0.25, 0.3) is 0 Å². The standard InChI is InChI=1S/C15H24O/c1-5-7-8-13-9-14(12(3)4)11-15(10-13)16-6-2/h9-12H,5-8H2,1-4H3. The smallest absolute Gasteiger partial charge is 0.119 e. The molecule has 0 fully saturated rings. The molecule has 1 heteroatoms. The summed E-state index contributed by atoms with van der Waals surface area (Å²) < 4.78 is 5.62. The molecule has 1 aromatic carbocycles. The molecular formula is C15H24O. The van der Waals surface area contributed by atoms with Crippen molar-refractivity contribution in [1.29, 1.82) is 0 Å². The largest absolute Gasteiger partial charge is 0.494 e. The lowest BCUT2D eigenvalue weighted by Crippen LogP contribution is -1.97. The maximum Gasteiger partial charge on any atom is 0.119 e. The molecule has 1 rings (SSSR count). The quantitative estimate of drug-likeness (QED) is 0.683. The van der Waals surface area contributed by atoms with Crippen LogP contribution in [0.3, 0.4) is 0 Å². The molecule has 0 saturated carbocycles. The molecule has 1 nitrogen and oxygen atoms in total. The van der Waals surface area contributed by atoms with Gasteiger partial charge in [0.2, 0.25) is 0 Å². The lowest BCUT2D eigenvalue weighted by Gasteiger charge is -2.12. The minimum atomic E-state index is 0.570. The fourth-order valence-electron chi connectivity index (χ4n) is 1.79. The van der Waals surface area contributed by atoms with Crippen LogP contribution >= 0.6 is 0 Å². The Kier molecular flexibility index (Phi) is 5.37. The Morgan fingerprint density at radius 3 is 2.44 bits per heavy atom. The Morgan fingerprint density at radius 1 is 1.12 bits per heavy atom. The molecular weight excluding hydrogens is 196 g/mol. The Hall–Kier alpha value is -0.980. The molecule has 16 heavy (non-hydrogen) atoms. The van der Waals surface area contributed by atoms with Gasteiger partial charge >= 0.3 is 0 Å². The molecule has 0 spiro atoms. The molecule has 0 aliphatic rings. The zero-order valence-corrected chi connectivity index (χ0v) is 11.0. The van der Waals surface area contributed by atoms with Crippen molar-refractivity contribution >= 4 is 0 Å². The van der Waals surface area contributed by atoms with E-state index in [9.17, 15) is 0 Å². The average molecular weight is 220 g/mol. The minimum Gasteiger partial charge on any atom is -0.494 e. The van der Waals surface area contributed by atoms with Crippen LogP contribution in [0, 0.1) is 0 Å². The fourth-order valence-corrected chi connectivity index (χ4v) is 1.79. The van der Waals surface area contributed by atoms with Crippen LogP contribution in [0.5, 0.6) is 5.75 Å². The van der Waals surface area contributed by atoms with E-state index < -0.39 is 0 Å². The lowest BCUT2D eigenvalue weighted by atomic mass is 9.98. The molecule has 0 N–H and O–H groups in total. The van der Waals surface area contributed by atoms with Crippen LogP contribution < -0.4 is 4.74 Å². The highest BCUT2D eigenvalue weighted by atomic mass is 16.5. The van der Waals surface area contributed by atoms with Crippen LogP contribution in [0.4, 0.5) is 0 Å². The molecule has 1 aromatic rings. The van der Waals surface area contributed by atoms with Gasteiger partial charge in [0.05, 0.1) is 6.61 Å². The van der Waals surface area contributed by atoms with Crippen LogP contribution in [0.1, 0.15) is 57.6 Å². The first-order chi connectivity index (χ1) is 7.67. The number of hydrogen-bond donors (Lipinski definition) is 0. The maximum absolute atomic E-state index is 5.62. The zero-order valence-electron chi connectivity index (χ0n) is 11.0. The number of aryl methyl sites for hydroxylation is 1. The summed E-state index contributed by atoms with van der Waals surface area (Å²) in [5, 5.41) is 0. The lowest BCUT2D eigenvalue weighted by molar-refractivity contribution is 0.339. The van der Waals surface area contributed by atoms with Gasteiger partial charge in [-0.2, -0.15) is 0 Å². The van der Waals surface area contributed by atoms with Crippen LogP contribution in [-0.2, 0) is 6.42 Å². The molecule has 0 heterocycles. The predicted molar refractivity (Wildman–Crippen MR) is 70.3 cm³/mol. The zero-order chi connectivity index (χ0) is 12.0. The summed E-state index contributed by atoms with van der Waals surface area (Å²) in [6.45, 7) is 9.47. The van der Waals surface area contributed by atoms with Crippen LogP contribution in [-0.4, -0.2) is 6.61 Å². The minimum absolute atomic E-state index is 0.570. The molecule has 0 aliphatic heterocycles. The van der Waals surface area contributed by atoms with E-state index in [1.54, 1.807) is 0 Å². The van der Waals surface area contributed by atoms with E-state index in [-0.39, 0.29) is 0 Å². The molecule has 0 radical (unpaired) electrons. The molecule has 0 aromatic heterocycles. The van der Waals surface area contributed by atoms with Gasteiger partial charge in [-0.3, -0.25) is 0 Å². The molecule has 0 unspecified atom stereocenters. The molecule has 0 bridgehead atoms. The van der Waals surface area contributed by atoms with Crippen molar-refractivity contribution < 1.29 is 4.74 Å². The summed E-state index contributed by atoms with van der Waals surface area (Å²) >= 11 is 0. The van der Waals surface area contributed by atoms with Crippen molar-refractivity contribution in [3.8, 4) is 5.75 Å². The van der Waals surface area contributed by atoms with Gasteiger partial charge in [-0.1, -0.05) is 33.3 Å². The Balaban J connectivity index is 2.89. The van der Waals surface area contributed by atoms with Crippen molar-refractivity contribution in [1.82, 2.24) is 0 Å². The van der Waals surface area contributed by atoms with Crippen molar-refractivity contribution in [2.24, 2.45) is 0 Å². The number of unbranched alkanes of at least 4 members (excludes halogenated alkanes) is 1. The monoisotopic (exact) mass is 220 g/mol. The Labute approximate surface area is 99.8 Å². The Bertz CT molecular complexity index is 315. The second kappa shape index (κ2) is 6.57. The van der Waals surface area contributed by atoms with Gasteiger partial charge in [0.15, 0.2) is 0 Å². The topological polar surface area (TPSA) is 9.23 Å². The SMILES string of the molecule is CCCCc1cc(OCC)cc(C(C)C)c1. The third kappa shape index (κ3) is 3.88. The van der Waals surface area contributed by atoms with E-state index in [0.29, 0.717) is 5.92 Å². The van der Waals surface area contributed by atoms with Gasteiger partial charge < -0.3 is 4.74 Å². The van der Waals surface area contributed by atoms with E-state index in [1.807, 2.05) is 6.92 Å². The summed E-state index contributed by atoms with van der Waals surface area (Å²) in [4.78, 5) is 0. The number of rotatable bonds is 6. The summed E-state index contributed by atoms with van der Waals surface area (Å²) in [5.41, 5.74) is 2.80. The van der Waals surface area contributed by atoms with Gasteiger partial charge in [-0.25, -0.2) is 0 Å². The van der Waals surface area contributed by atoms with Gasteiger partial charge in [0, 0.05) is 0 Å². The summed E-state index contributed by atoms with van der Waals surface area (Å²) in [6.07, 6.45) is 3.67. The maximum atomic E-state index is 5.62. The fraction of sp³-hybridized carbons (Fsp3) is 0.600. The average Bonchev–Trinajstić information content (AvgIpc) is 2.26. The van der Waals surface area contributed by atoms with Crippen LogP contribution in [0.25, 0.3) is 0 Å². The van der Waals surface area contributed by atoms with E-state index in [4.69, 9.17) is 4.74 Å². The first-order valence-corrected chi connectivity index (χ1v) is 6.44. The van der Waals surface area contributed by atoms with E-state index >= 15 is 0 Å². The highest BCUT2D eigenvalue weighted by Crippen LogP contribution is 2.24. The summed E-state index contributed by atoms with van der Waals surface area (Å²) in [6, 6.07) is 6.68. The summed E-state index contributed by atoms with van der Waals surface area (Å²) in [5.74, 6) is 1.60. The highest BCUT2D eigenvalue weighted by molar-refractivity contribution is 5.36. The first-order valence-electron chi connectivity index (χ1n) is 6.44. The first kappa shape index (κ1) is 13.1. The third-order valence-corrected chi connectivity index (χ3v) is 2.79.